The molecule has 0 unspecified atom stereocenters. The molecule has 68 valence electrons. The van der Waals surface area contributed by atoms with Crippen molar-refractivity contribution in [3.05, 3.63) is 23.0 Å². The lowest BCUT2D eigenvalue weighted by Gasteiger charge is -1.96. The van der Waals surface area contributed by atoms with Gasteiger partial charge < -0.3 is 10.1 Å². The van der Waals surface area contributed by atoms with Crippen LogP contribution in [0, 0.1) is 5.92 Å². The van der Waals surface area contributed by atoms with Gasteiger partial charge in [-0.3, -0.25) is 4.79 Å². The first-order valence-corrected chi connectivity index (χ1v) is 4.09. The van der Waals surface area contributed by atoms with Crippen molar-refractivity contribution >= 4 is 11.8 Å². The molecule has 1 heterocycles. The third-order valence-corrected chi connectivity index (χ3v) is 2.35. The summed E-state index contributed by atoms with van der Waals surface area (Å²) in [5.41, 5.74) is 1.41. The van der Waals surface area contributed by atoms with Crippen molar-refractivity contribution in [1.29, 1.82) is 0 Å². The van der Waals surface area contributed by atoms with Gasteiger partial charge in [-0.25, -0.2) is 4.79 Å². The van der Waals surface area contributed by atoms with E-state index in [2.05, 4.69) is 4.98 Å². The fraction of sp³-hybridized carbons (Fsp3) is 0.333. The topological polar surface area (TPSA) is 70.2 Å². The van der Waals surface area contributed by atoms with Crippen LogP contribution in [-0.2, 0) is 6.42 Å². The van der Waals surface area contributed by atoms with Crippen molar-refractivity contribution in [2.75, 3.05) is 0 Å². The molecule has 1 aliphatic rings. The number of carboxylic acid groups (broad SMARTS) is 1. The summed E-state index contributed by atoms with van der Waals surface area (Å²) in [5.74, 6) is -0.988. The molecule has 0 bridgehead atoms. The third-order valence-electron chi connectivity index (χ3n) is 2.35. The van der Waals surface area contributed by atoms with E-state index >= 15 is 0 Å². The average Bonchev–Trinajstić information content (AvgIpc) is 2.55. The SMILES string of the molecule is C[C@H]1Cc2[nH]c(C(=O)O)cc2C1=O. The quantitative estimate of drug-likeness (QED) is 0.677. The van der Waals surface area contributed by atoms with Gasteiger partial charge in [-0.2, -0.15) is 0 Å². The fourth-order valence-corrected chi connectivity index (χ4v) is 1.66. The van der Waals surface area contributed by atoms with E-state index in [9.17, 15) is 9.59 Å². The third kappa shape index (κ3) is 1.06. The first-order valence-electron chi connectivity index (χ1n) is 4.09. The fourth-order valence-electron chi connectivity index (χ4n) is 1.66. The van der Waals surface area contributed by atoms with Crippen LogP contribution in [0.25, 0.3) is 0 Å². The number of fused-ring (bicyclic) bond motifs is 1. The summed E-state index contributed by atoms with van der Waals surface area (Å²) in [6, 6.07) is 1.42. The summed E-state index contributed by atoms with van der Waals surface area (Å²) in [7, 11) is 0. The Balaban J connectivity index is 2.46. The molecule has 0 aromatic carbocycles. The molecule has 1 atom stereocenters. The number of H-pyrrole nitrogens is 1. The van der Waals surface area contributed by atoms with Crippen LogP contribution in [0.2, 0.25) is 0 Å². The maximum Gasteiger partial charge on any atom is 0.352 e. The second kappa shape index (κ2) is 2.45. The summed E-state index contributed by atoms with van der Waals surface area (Å²) in [5, 5.41) is 8.65. The summed E-state index contributed by atoms with van der Waals surface area (Å²) in [6.07, 6.45) is 0.626. The molecule has 1 aromatic rings. The van der Waals surface area contributed by atoms with Crippen LogP contribution in [0.5, 0.6) is 0 Å². The molecule has 0 spiro atoms. The minimum atomic E-state index is -1.02. The van der Waals surface area contributed by atoms with Gasteiger partial charge in [0.15, 0.2) is 5.78 Å². The van der Waals surface area contributed by atoms with Gasteiger partial charge in [0.05, 0.1) is 0 Å². The van der Waals surface area contributed by atoms with Crippen molar-refractivity contribution in [3.63, 3.8) is 0 Å². The Morgan fingerprint density at radius 1 is 1.69 bits per heavy atom. The second-order valence-corrected chi connectivity index (χ2v) is 3.35. The highest BCUT2D eigenvalue weighted by molar-refractivity contribution is 6.03. The maximum atomic E-state index is 11.4. The summed E-state index contributed by atoms with van der Waals surface area (Å²) in [4.78, 5) is 24.7. The lowest BCUT2D eigenvalue weighted by Crippen LogP contribution is -2.05. The van der Waals surface area contributed by atoms with Gasteiger partial charge in [-0.15, -0.1) is 0 Å². The van der Waals surface area contributed by atoms with Crippen LogP contribution in [0.4, 0.5) is 0 Å². The minimum Gasteiger partial charge on any atom is -0.477 e. The number of hydrogen-bond donors (Lipinski definition) is 2. The minimum absolute atomic E-state index is 0.0101. The highest BCUT2D eigenvalue weighted by atomic mass is 16.4. The molecule has 0 saturated heterocycles. The standard InChI is InChI=1S/C9H9NO3/c1-4-2-6-5(8(4)11)3-7(10-6)9(12)13/h3-4,10H,2H2,1H3,(H,12,13)/t4-/m0/s1. The Hall–Kier alpha value is -1.58. The number of hydrogen-bond acceptors (Lipinski definition) is 2. The van der Waals surface area contributed by atoms with Crippen molar-refractivity contribution in [3.8, 4) is 0 Å². The average molecular weight is 179 g/mol. The normalized spacial score (nSPS) is 20.4. The van der Waals surface area contributed by atoms with Gasteiger partial charge in [0.25, 0.3) is 0 Å². The Morgan fingerprint density at radius 3 is 2.92 bits per heavy atom. The van der Waals surface area contributed by atoms with Crippen LogP contribution < -0.4 is 0 Å². The van der Waals surface area contributed by atoms with Gasteiger partial charge in [0.1, 0.15) is 5.69 Å². The maximum absolute atomic E-state index is 11.4. The highest BCUT2D eigenvalue weighted by Gasteiger charge is 2.29. The van der Waals surface area contributed by atoms with Crippen LogP contribution in [0.1, 0.15) is 33.5 Å². The summed E-state index contributed by atoms with van der Waals surface area (Å²) < 4.78 is 0. The van der Waals surface area contributed by atoms with Gasteiger partial charge in [-0.1, -0.05) is 6.92 Å². The molecule has 2 N–H and O–H groups in total. The van der Waals surface area contributed by atoms with Gasteiger partial charge in [0.2, 0.25) is 0 Å². The van der Waals surface area contributed by atoms with Crippen LogP contribution in [-0.4, -0.2) is 21.8 Å². The molecule has 0 saturated carbocycles. The number of aromatic nitrogens is 1. The second-order valence-electron chi connectivity index (χ2n) is 3.35. The van der Waals surface area contributed by atoms with Crippen LogP contribution >= 0.6 is 0 Å². The lowest BCUT2D eigenvalue weighted by molar-refractivity contribution is 0.0691. The Bertz CT molecular complexity index is 392. The van der Waals surface area contributed by atoms with E-state index in [0.29, 0.717) is 12.0 Å². The van der Waals surface area contributed by atoms with E-state index in [1.807, 2.05) is 6.92 Å². The number of aromatic amines is 1. The number of rotatable bonds is 1. The molecule has 0 fully saturated rings. The smallest absolute Gasteiger partial charge is 0.352 e. The number of ketones is 1. The van der Waals surface area contributed by atoms with E-state index in [-0.39, 0.29) is 17.4 Å². The molecule has 13 heavy (non-hydrogen) atoms. The first kappa shape index (κ1) is 8.04. The van der Waals surface area contributed by atoms with Crippen molar-refractivity contribution < 1.29 is 14.7 Å². The molecule has 4 heteroatoms. The van der Waals surface area contributed by atoms with Crippen LogP contribution in [0.3, 0.4) is 0 Å². The van der Waals surface area contributed by atoms with Gasteiger partial charge in [-0.05, 0) is 12.5 Å². The monoisotopic (exact) mass is 179 g/mol. The molecular weight excluding hydrogens is 170 g/mol. The predicted molar refractivity (Wildman–Crippen MR) is 45.0 cm³/mol. The molecule has 4 nitrogen and oxygen atoms in total. The van der Waals surface area contributed by atoms with Crippen molar-refractivity contribution in [2.45, 2.75) is 13.3 Å². The van der Waals surface area contributed by atoms with E-state index in [0.717, 1.165) is 5.69 Å². The number of carbonyl (C=O) groups is 2. The van der Waals surface area contributed by atoms with Gasteiger partial charge >= 0.3 is 5.97 Å². The molecule has 1 aliphatic carbocycles. The number of Topliss-reactive ketones (excluding diaryl/α,β-unsaturated/α-hetero) is 1. The Labute approximate surface area is 74.6 Å². The highest BCUT2D eigenvalue weighted by Crippen LogP contribution is 2.26. The molecule has 0 radical (unpaired) electrons. The number of aromatic carboxylic acids is 1. The molecule has 0 amide bonds. The number of nitrogens with one attached hydrogen (secondary N) is 1. The van der Waals surface area contributed by atoms with Crippen LogP contribution in [0.15, 0.2) is 6.07 Å². The summed E-state index contributed by atoms with van der Waals surface area (Å²) >= 11 is 0. The van der Waals surface area contributed by atoms with Gasteiger partial charge in [0, 0.05) is 17.2 Å². The zero-order valence-electron chi connectivity index (χ0n) is 7.13. The Kier molecular flexibility index (Phi) is 1.52. The van der Waals surface area contributed by atoms with E-state index < -0.39 is 5.97 Å². The Morgan fingerprint density at radius 2 is 2.38 bits per heavy atom. The molecule has 1 aromatic heterocycles. The zero-order valence-corrected chi connectivity index (χ0v) is 7.13. The molecular formula is C9H9NO3. The number of carbonyl (C=O) groups excluding carboxylic acids is 1. The number of carboxylic acids is 1. The first-order chi connectivity index (χ1) is 6.09. The van der Waals surface area contributed by atoms with E-state index in [1.165, 1.54) is 6.07 Å². The predicted octanol–water partition coefficient (Wildman–Crippen LogP) is 1.09. The van der Waals surface area contributed by atoms with Crippen molar-refractivity contribution in [2.24, 2.45) is 5.92 Å². The molecule has 2 rings (SSSR count). The van der Waals surface area contributed by atoms with Crippen molar-refractivity contribution in [1.82, 2.24) is 4.98 Å². The largest absolute Gasteiger partial charge is 0.477 e. The summed E-state index contributed by atoms with van der Waals surface area (Å²) in [6.45, 7) is 1.84. The lowest BCUT2D eigenvalue weighted by atomic mass is 10.1. The van der Waals surface area contributed by atoms with E-state index in [4.69, 9.17) is 5.11 Å². The molecule has 0 aliphatic heterocycles. The zero-order chi connectivity index (χ0) is 9.59. The van der Waals surface area contributed by atoms with E-state index in [1.54, 1.807) is 0 Å².